The summed E-state index contributed by atoms with van der Waals surface area (Å²) in [5.74, 6) is 2.68. The minimum atomic E-state index is 0.183. The monoisotopic (exact) mass is 425 g/mol. The fourth-order valence-corrected chi connectivity index (χ4v) is 3.42. The molecule has 3 rings (SSSR count). The molecule has 0 spiro atoms. The number of hydrogen-bond acceptors (Lipinski definition) is 5. The third kappa shape index (κ3) is 6.59. The van der Waals surface area contributed by atoms with E-state index in [1.807, 2.05) is 12.3 Å². The molecule has 168 valence electrons. The highest BCUT2D eigenvalue weighted by molar-refractivity contribution is 5.79. The van der Waals surface area contributed by atoms with Crippen LogP contribution in [0.25, 0.3) is 0 Å². The number of nitrogens with zero attached hydrogens (tertiary/aromatic N) is 3. The van der Waals surface area contributed by atoms with Crippen molar-refractivity contribution >= 4 is 11.8 Å². The fourth-order valence-electron chi connectivity index (χ4n) is 3.42. The molecule has 2 aromatic rings. The first kappa shape index (κ1) is 22.9. The van der Waals surface area contributed by atoms with Gasteiger partial charge in [-0.25, -0.2) is 4.98 Å². The number of rotatable bonds is 8. The zero-order valence-electron chi connectivity index (χ0n) is 19.1. The van der Waals surface area contributed by atoms with Gasteiger partial charge in [0.1, 0.15) is 11.6 Å². The van der Waals surface area contributed by atoms with E-state index in [1.165, 1.54) is 5.56 Å². The van der Waals surface area contributed by atoms with Crippen molar-refractivity contribution in [1.29, 1.82) is 0 Å². The molecule has 2 N–H and O–H groups in total. The molecule has 1 unspecified atom stereocenters. The topological polar surface area (TPSA) is 71.0 Å². The molecule has 1 aromatic heterocycles. The van der Waals surface area contributed by atoms with Crippen LogP contribution in [0.2, 0.25) is 0 Å². The number of anilines is 1. The second-order valence-corrected chi connectivity index (χ2v) is 7.81. The molecule has 7 heteroatoms. The van der Waals surface area contributed by atoms with Crippen molar-refractivity contribution in [2.75, 3.05) is 38.3 Å². The molecule has 0 bridgehead atoms. The van der Waals surface area contributed by atoms with Gasteiger partial charge < -0.3 is 25.0 Å². The van der Waals surface area contributed by atoms with E-state index in [4.69, 9.17) is 9.47 Å². The number of aromatic nitrogens is 1. The van der Waals surface area contributed by atoms with Gasteiger partial charge in [-0.3, -0.25) is 4.99 Å². The maximum Gasteiger partial charge on any atom is 0.191 e. The summed E-state index contributed by atoms with van der Waals surface area (Å²) in [4.78, 5) is 11.3. The number of nitrogens with one attached hydrogen (secondary N) is 2. The van der Waals surface area contributed by atoms with Crippen molar-refractivity contribution in [3.63, 3.8) is 0 Å². The predicted octanol–water partition coefficient (Wildman–Crippen LogP) is 3.27. The highest BCUT2D eigenvalue weighted by atomic mass is 16.5. The van der Waals surface area contributed by atoms with Gasteiger partial charge >= 0.3 is 0 Å². The van der Waals surface area contributed by atoms with Crippen molar-refractivity contribution in [2.45, 2.75) is 46.4 Å². The van der Waals surface area contributed by atoms with Crippen LogP contribution in [-0.2, 0) is 17.8 Å². The van der Waals surface area contributed by atoms with Crippen LogP contribution < -0.4 is 20.3 Å². The van der Waals surface area contributed by atoms with Crippen molar-refractivity contribution in [3.05, 3.63) is 53.2 Å². The van der Waals surface area contributed by atoms with Gasteiger partial charge in [0, 0.05) is 50.6 Å². The highest BCUT2D eigenvalue weighted by Crippen LogP contribution is 2.22. The predicted molar refractivity (Wildman–Crippen MR) is 126 cm³/mol. The number of morpholine rings is 1. The van der Waals surface area contributed by atoms with E-state index in [0.717, 1.165) is 61.4 Å². The van der Waals surface area contributed by atoms with Gasteiger partial charge in [0.25, 0.3) is 0 Å². The molecule has 1 aromatic carbocycles. The van der Waals surface area contributed by atoms with Crippen LogP contribution in [-0.4, -0.2) is 50.4 Å². The summed E-state index contributed by atoms with van der Waals surface area (Å²) in [7, 11) is 1.78. The lowest BCUT2D eigenvalue weighted by Gasteiger charge is -2.29. The number of guanidine groups is 1. The summed E-state index contributed by atoms with van der Waals surface area (Å²) in [6.45, 7) is 10.8. The largest absolute Gasteiger partial charge is 0.490 e. The molecule has 1 fully saturated rings. The van der Waals surface area contributed by atoms with Gasteiger partial charge in [0.2, 0.25) is 0 Å². The SMILES string of the molecule is CCC(C)Oc1cc(C)ccc1CNC(=NC)NCc1cccnc1N1CCOCC1. The Morgan fingerprint density at radius 2 is 1.94 bits per heavy atom. The normalized spacial score (nSPS) is 15.5. The molecule has 7 nitrogen and oxygen atoms in total. The first-order valence-corrected chi connectivity index (χ1v) is 11.1. The molecule has 0 aliphatic carbocycles. The highest BCUT2D eigenvalue weighted by Gasteiger charge is 2.16. The Bertz CT molecular complexity index is 865. The van der Waals surface area contributed by atoms with Crippen molar-refractivity contribution in [3.8, 4) is 5.75 Å². The summed E-state index contributed by atoms with van der Waals surface area (Å²) in [6.07, 6.45) is 3.00. The quantitative estimate of drug-likeness (QED) is 0.500. The molecule has 2 heterocycles. The van der Waals surface area contributed by atoms with E-state index in [0.29, 0.717) is 13.1 Å². The van der Waals surface area contributed by atoms with Crippen molar-refractivity contribution in [2.24, 2.45) is 4.99 Å². The Morgan fingerprint density at radius 1 is 1.19 bits per heavy atom. The van der Waals surface area contributed by atoms with Gasteiger partial charge in [-0.2, -0.15) is 0 Å². The van der Waals surface area contributed by atoms with Gasteiger partial charge in [-0.15, -0.1) is 0 Å². The Balaban J connectivity index is 1.61. The molecule has 31 heavy (non-hydrogen) atoms. The van der Waals surface area contributed by atoms with Gasteiger partial charge in [-0.1, -0.05) is 25.1 Å². The summed E-state index contributed by atoms with van der Waals surface area (Å²) < 4.78 is 11.6. The smallest absolute Gasteiger partial charge is 0.191 e. The van der Waals surface area contributed by atoms with Gasteiger partial charge in [0.05, 0.1) is 19.3 Å². The number of hydrogen-bond donors (Lipinski definition) is 2. The average Bonchev–Trinajstić information content (AvgIpc) is 2.81. The Hall–Kier alpha value is -2.80. The van der Waals surface area contributed by atoms with Crippen LogP contribution in [0.15, 0.2) is 41.5 Å². The Labute approximate surface area is 185 Å². The first-order valence-electron chi connectivity index (χ1n) is 11.1. The molecular formula is C24H35N5O2. The standard InChI is InChI=1S/C24H35N5O2/c1-5-19(3)31-22-15-18(2)8-9-20(22)16-27-24(25-4)28-17-21-7-6-10-26-23(21)29-11-13-30-14-12-29/h6-10,15,19H,5,11-14,16-17H2,1-4H3,(H2,25,27,28). The van der Waals surface area contributed by atoms with Crippen LogP contribution >= 0.6 is 0 Å². The summed E-state index contributed by atoms with van der Waals surface area (Å²) in [5.41, 5.74) is 3.45. The average molecular weight is 426 g/mol. The maximum atomic E-state index is 6.13. The third-order valence-electron chi connectivity index (χ3n) is 5.42. The van der Waals surface area contributed by atoms with Crippen LogP contribution in [0, 0.1) is 6.92 Å². The second kappa shape index (κ2) is 11.6. The number of benzene rings is 1. The summed E-state index contributed by atoms with van der Waals surface area (Å²) in [6, 6.07) is 10.4. The molecule has 1 atom stereocenters. The molecular weight excluding hydrogens is 390 g/mol. The second-order valence-electron chi connectivity index (χ2n) is 7.81. The van der Waals surface area contributed by atoms with E-state index in [9.17, 15) is 0 Å². The molecule has 0 amide bonds. The van der Waals surface area contributed by atoms with Gasteiger partial charge in [0.15, 0.2) is 5.96 Å². The lowest BCUT2D eigenvalue weighted by atomic mass is 10.1. The Morgan fingerprint density at radius 3 is 2.65 bits per heavy atom. The maximum absolute atomic E-state index is 6.13. The molecule has 1 saturated heterocycles. The zero-order chi connectivity index (χ0) is 22.1. The minimum Gasteiger partial charge on any atom is -0.490 e. The zero-order valence-corrected chi connectivity index (χ0v) is 19.1. The molecule has 0 saturated carbocycles. The van der Waals surface area contributed by atoms with E-state index >= 15 is 0 Å². The van der Waals surface area contributed by atoms with E-state index in [1.54, 1.807) is 7.05 Å². The number of ether oxygens (including phenoxy) is 2. The number of aryl methyl sites for hydroxylation is 1. The molecule has 1 aliphatic heterocycles. The summed E-state index contributed by atoms with van der Waals surface area (Å²) >= 11 is 0. The van der Waals surface area contributed by atoms with Crippen LogP contribution in [0.3, 0.4) is 0 Å². The van der Waals surface area contributed by atoms with Crippen molar-refractivity contribution < 1.29 is 9.47 Å². The first-order chi connectivity index (χ1) is 15.1. The van der Waals surface area contributed by atoms with Crippen LogP contribution in [0.4, 0.5) is 5.82 Å². The Kier molecular flexibility index (Phi) is 8.53. The number of pyridine rings is 1. The van der Waals surface area contributed by atoms with Crippen molar-refractivity contribution in [1.82, 2.24) is 15.6 Å². The van der Waals surface area contributed by atoms with Crippen LogP contribution in [0.1, 0.15) is 37.0 Å². The number of aliphatic imine (C=N–C) groups is 1. The lowest BCUT2D eigenvalue weighted by molar-refractivity contribution is 0.122. The minimum absolute atomic E-state index is 0.183. The van der Waals surface area contributed by atoms with E-state index in [2.05, 4.69) is 70.5 Å². The molecule has 1 aliphatic rings. The fraction of sp³-hybridized carbons (Fsp3) is 0.500. The van der Waals surface area contributed by atoms with E-state index in [-0.39, 0.29) is 6.10 Å². The van der Waals surface area contributed by atoms with Gasteiger partial charge in [-0.05, 0) is 38.0 Å². The lowest BCUT2D eigenvalue weighted by Crippen LogP contribution is -2.39. The van der Waals surface area contributed by atoms with E-state index < -0.39 is 0 Å². The summed E-state index contributed by atoms with van der Waals surface area (Å²) in [5, 5.41) is 6.83. The molecule has 0 radical (unpaired) electrons. The van der Waals surface area contributed by atoms with Crippen LogP contribution in [0.5, 0.6) is 5.75 Å². The third-order valence-corrected chi connectivity index (χ3v) is 5.42.